The van der Waals surface area contributed by atoms with Gasteiger partial charge in [-0.3, -0.25) is 0 Å². The number of benzene rings is 1. The number of H-pyrrole nitrogens is 1. The lowest BCUT2D eigenvalue weighted by atomic mass is 9.99. The van der Waals surface area contributed by atoms with Crippen molar-refractivity contribution in [2.24, 2.45) is 5.73 Å². The first-order valence-corrected chi connectivity index (χ1v) is 4.83. The molecule has 1 aromatic carbocycles. The molecular formula is C11H13FN2O. The summed E-state index contributed by atoms with van der Waals surface area (Å²) >= 11 is 0. The van der Waals surface area contributed by atoms with E-state index in [1.807, 2.05) is 0 Å². The molecular weight excluding hydrogens is 195 g/mol. The number of aliphatic hydroxyl groups is 1. The van der Waals surface area contributed by atoms with Crippen LogP contribution in [0.5, 0.6) is 0 Å². The van der Waals surface area contributed by atoms with Gasteiger partial charge in [0.15, 0.2) is 0 Å². The highest BCUT2D eigenvalue weighted by atomic mass is 19.1. The van der Waals surface area contributed by atoms with Crippen LogP contribution in [0.15, 0.2) is 24.4 Å². The minimum atomic E-state index is -0.280. The molecule has 3 nitrogen and oxygen atoms in total. The molecule has 1 atom stereocenters. The summed E-state index contributed by atoms with van der Waals surface area (Å²) in [4.78, 5) is 3.03. The molecule has 4 N–H and O–H groups in total. The second-order valence-corrected chi connectivity index (χ2v) is 3.55. The summed E-state index contributed by atoms with van der Waals surface area (Å²) in [5, 5.41) is 9.93. The van der Waals surface area contributed by atoms with E-state index >= 15 is 0 Å². The molecule has 1 heterocycles. The van der Waals surface area contributed by atoms with Gasteiger partial charge in [0, 0.05) is 29.6 Å². The van der Waals surface area contributed by atoms with Crippen molar-refractivity contribution >= 4 is 10.9 Å². The van der Waals surface area contributed by atoms with Crippen molar-refractivity contribution in [2.45, 2.75) is 5.92 Å². The van der Waals surface area contributed by atoms with Crippen molar-refractivity contribution in [3.8, 4) is 0 Å². The Balaban J connectivity index is 2.55. The predicted molar refractivity (Wildman–Crippen MR) is 57.1 cm³/mol. The van der Waals surface area contributed by atoms with Crippen molar-refractivity contribution in [2.75, 3.05) is 13.2 Å². The van der Waals surface area contributed by atoms with Gasteiger partial charge in [-0.05, 0) is 23.8 Å². The number of nitrogens with two attached hydrogens (primary N) is 1. The van der Waals surface area contributed by atoms with Gasteiger partial charge in [0.05, 0.1) is 6.61 Å². The summed E-state index contributed by atoms with van der Waals surface area (Å²) in [6, 6.07) is 4.54. The maximum atomic E-state index is 13.1. The number of halogens is 1. The van der Waals surface area contributed by atoms with Crippen LogP contribution in [0, 0.1) is 5.82 Å². The number of nitrogens with one attached hydrogen (secondary N) is 1. The lowest BCUT2D eigenvalue weighted by molar-refractivity contribution is 0.268. The number of aromatic nitrogens is 1. The number of fused-ring (bicyclic) bond motifs is 1. The van der Waals surface area contributed by atoms with Gasteiger partial charge in [-0.1, -0.05) is 0 Å². The Morgan fingerprint density at radius 3 is 2.93 bits per heavy atom. The molecule has 0 aliphatic rings. The standard InChI is InChI=1S/C11H13FN2O/c12-8-1-2-11-9(3-8)10(5-14-11)7(4-13)6-15/h1-3,5,7,14-15H,4,6,13H2. The van der Waals surface area contributed by atoms with Gasteiger partial charge in [-0.2, -0.15) is 0 Å². The molecule has 80 valence electrons. The third kappa shape index (κ3) is 1.73. The van der Waals surface area contributed by atoms with E-state index in [1.54, 1.807) is 12.3 Å². The number of aliphatic hydroxyl groups excluding tert-OH is 1. The van der Waals surface area contributed by atoms with Crippen molar-refractivity contribution in [3.05, 3.63) is 35.8 Å². The molecule has 1 unspecified atom stereocenters. The second kappa shape index (κ2) is 4.00. The largest absolute Gasteiger partial charge is 0.396 e. The zero-order chi connectivity index (χ0) is 10.8. The van der Waals surface area contributed by atoms with E-state index in [0.717, 1.165) is 16.5 Å². The first kappa shape index (κ1) is 10.1. The third-order valence-electron chi connectivity index (χ3n) is 2.62. The van der Waals surface area contributed by atoms with Gasteiger partial charge in [0.2, 0.25) is 0 Å². The molecule has 15 heavy (non-hydrogen) atoms. The fourth-order valence-electron chi connectivity index (χ4n) is 1.75. The summed E-state index contributed by atoms with van der Waals surface area (Å²) in [6.45, 7) is 0.319. The van der Waals surface area contributed by atoms with E-state index in [2.05, 4.69) is 4.98 Å². The zero-order valence-corrected chi connectivity index (χ0v) is 8.20. The second-order valence-electron chi connectivity index (χ2n) is 3.55. The molecule has 0 radical (unpaired) electrons. The van der Waals surface area contributed by atoms with E-state index in [-0.39, 0.29) is 18.3 Å². The lowest BCUT2D eigenvalue weighted by Crippen LogP contribution is -2.15. The Morgan fingerprint density at radius 2 is 2.27 bits per heavy atom. The molecule has 0 amide bonds. The Kier molecular flexibility index (Phi) is 2.70. The highest BCUT2D eigenvalue weighted by molar-refractivity contribution is 5.83. The molecule has 0 spiro atoms. The van der Waals surface area contributed by atoms with Gasteiger partial charge in [0.1, 0.15) is 5.82 Å². The van der Waals surface area contributed by atoms with Gasteiger partial charge in [-0.15, -0.1) is 0 Å². The summed E-state index contributed by atoms with van der Waals surface area (Å²) in [6.07, 6.45) is 1.78. The summed E-state index contributed by atoms with van der Waals surface area (Å²) in [5.41, 5.74) is 7.27. The average Bonchev–Trinajstić information content (AvgIpc) is 2.64. The van der Waals surface area contributed by atoms with Crippen LogP contribution in [0.25, 0.3) is 10.9 Å². The summed E-state index contributed by atoms with van der Waals surface area (Å²) < 4.78 is 13.1. The van der Waals surface area contributed by atoms with Crippen molar-refractivity contribution < 1.29 is 9.50 Å². The van der Waals surface area contributed by atoms with E-state index in [4.69, 9.17) is 10.8 Å². The van der Waals surface area contributed by atoms with Crippen LogP contribution in [0.2, 0.25) is 0 Å². The molecule has 2 aromatic rings. The smallest absolute Gasteiger partial charge is 0.123 e. The quantitative estimate of drug-likeness (QED) is 0.712. The monoisotopic (exact) mass is 208 g/mol. The molecule has 0 bridgehead atoms. The van der Waals surface area contributed by atoms with Crippen molar-refractivity contribution in [1.29, 1.82) is 0 Å². The molecule has 4 heteroatoms. The lowest BCUT2D eigenvalue weighted by Gasteiger charge is -2.09. The first-order valence-electron chi connectivity index (χ1n) is 4.83. The van der Waals surface area contributed by atoms with E-state index < -0.39 is 0 Å². The zero-order valence-electron chi connectivity index (χ0n) is 8.20. The minimum absolute atomic E-state index is 0.0278. The van der Waals surface area contributed by atoms with Gasteiger partial charge >= 0.3 is 0 Å². The molecule has 0 aliphatic heterocycles. The predicted octanol–water partition coefficient (Wildman–Crippen LogP) is 1.34. The Hall–Kier alpha value is -1.39. The van der Waals surface area contributed by atoms with E-state index in [0.29, 0.717) is 6.54 Å². The van der Waals surface area contributed by atoms with Gasteiger partial charge in [-0.25, -0.2) is 4.39 Å². The van der Waals surface area contributed by atoms with Crippen LogP contribution < -0.4 is 5.73 Å². The van der Waals surface area contributed by atoms with Crippen LogP contribution in [-0.2, 0) is 0 Å². The minimum Gasteiger partial charge on any atom is -0.396 e. The van der Waals surface area contributed by atoms with Gasteiger partial charge < -0.3 is 15.8 Å². The summed E-state index contributed by atoms with van der Waals surface area (Å²) in [5.74, 6) is -0.419. The number of rotatable bonds is 3. The SMILES string of the molecule is NCC(CO)c1c[nH]c2ccc(F)cc12. The fourth-order valence-corrected chi connectivity index (χ4v) is 1.75. The topological polar surface area (TPSA) is 62.0 Å². The maximum Gasteiger partial charge on any atom is 0.123 e. The normalized spacial score (nSPS) is 13.3. The van der Waals surface area contributed by atoms with Crippen LogP contribution in [0.3, 0.4) is 0 Å². The Labute approximate surface area is 86.7 Å². The Bertz CT molecular complexity index is 463. The summed E-state index contributed by atoms with van der Waals surface area (Å²) in [7, 11) is 0. The molecule has 0 saturated heterocycles. The first-order chi connectivity index (χ1) is 7.26. The van der Waals surface area contributed by atoms with Crippen LogP contribution >= 0.6 is 0 Å². The van der Waals surface area contributed by atoms with Crippen molar-refractivity contribution in [1.82, 2.24) is 4.98 Å². The van der Waals surface area contributed by atoms with Crippen LogP contribution in [0.4, 0.5) is 4.39 Å². The highest BCUT2D eigenvalue weighted by Crippen LogP contribution is 2.25. The molecule has 1 aromatic heterocycles. The highest BCUT2D eigenvalue weighted by Gasteiger charge is 2.13. The molecule has 0 saturated carbocycles. The maximum absolute atomic E-state index is 13.1. The van der Waals surface area contributed by atoms with Crippen molar-refractivity contribution in [3.63, 3.8) is 0 Å². The number of hydrogen-bond acceptors (Lipinski definition) is 2. The van der Waals surface area contributed by atoms with Crippen LogP contribution in [0.1, 0.15) is 11.5 Å². The van der Waals surface area contributed by atoms with Gasteiger partial charge in [0.25, 0.3) is 0 Å². The van der Waals surface area contributed by atoms with E-state index in [1.165, 1.54) is 12.1 Å². The third-order valence-corrected chi connectivity index (χ3v) is 2.62. The molecule has 0 fully saturated rings. The molecule has 2 rings (SSSR count). The number of hydrogen-bond donors (Lipinski definition) is 3. The molecule has 0 aliphatic carbocycles. The average molecular weight is 208 g/mol. The Morgan fingerprint density at radius 1 is 1.47 bits per heavy atom. The number of aromatic amines is 1. The van der Waals surface area contributed by atoms with E-state index in [9.17, 15) is 4.39 Å². The van der Waals surface area contributed by atoms with Crippen LogP contribution in [-0.4, -0.2) is 23.2 Å². The fraction of sp³-hybridized carbons (Fsp3) is 0.273.